The van der Waals surface area contributed by atoms with E-state index < -0.39 is 18.4 Å². The first kappa shape index (κ1) is 17.6. The molecule has 0 radical (unpaired) electrons. The highest BCUT2D eigenvalue weighted by molar-refractivity contribution is 4.85. The van der Waals surface area contributed by atoms with Gasteiger partial charge in [0.25, 0.3) is 0 Å². The summed E-state index contributed by atoms with van der Waals surface area (Å²) in [4.78, 5) is 3.20. The fraction of sp³-hybridized carbons (Fsp3) is 1.00. The Morgan fingerprint density at radius 3 is 1.89 bits per heavy atom. The Balaban J connectivity index is 4.14. The second-order valence-electron chi connectivity index (χ2n) is 5.11. The predicted octanol–water partition coefficient (Wildman–Crippen LogP) is 2.94. The van der Waals surface area contributed by atoms with Gasteiger partial charge < -0.3 is 9.80 Å². The van der Waals surface area contributed by atoms with Crippen LogP contribution in [-0.2, 0) is 0 Å². The minimum absolute atomic E-state index is 0.0950. The molecule has 0 spiro atoms. The summed E-state index contributed by atoms with van der Waals surface area (Å²) in [5, 5.41) is 0. The molecule has 0 saturated carbocycles. The smallest absolute Gasteiger partial charge is 0.309 e. The van der Waals surface area contributed by atoms with Crippen LogP contribution in [0.2, 0.25) is 0 Å². The second kappa shape index (κ2) is 7.94. The Morgan fingerprint density at radius 2 is 1.50 bits per heavy atom. The number of alkyl halides is 4. The van der Waals surface area contributed by atoms with Crippen LogP contribution in [-0.4, -0.2) is 62.9 Å². The molecule has 0 rings (SSSR count). The van der Waals surface area contributed by atoms with Gasteiger partial charge in [-0.3, -0.25) is 0 Å². The van der Waals surface area contributed by atoms with Crippen LogP contribution < -0.4 is 0 Å². The molecule has 0 bridgehead atoms. The molecule has 1 atom stereocenters. The number of hydrogen-bond donors (Lipinski definition) is 0. The van der Waals surface area contributed by atoms with E-state index in [0.717, 1.165) is 19.4 Å². The summed E-state index contributed by atoms with van der Waals surface area (Å²) in [5.41, 5.74) is 0. The molecule has 1 unspecified atom stereocenters. The highest BCUT2D eigenvalue weighted by Gasteiger charge is 2.49. The summed E-state index contributed by atoms with van der Waals surface area (Å²) < 4.78 is 51.2. The molecule has 0 aromatic carbocycles. The normalized spacial score (nSPS) is 14.8. The first-order valence-electron chi connectivity index (χ1n) is 6.16. The van der Waals surface area contributed by atoms with Gasteiger partial charge in [-0.05, 0) is 47.6 Å². The van der Waals surface area contributed by atoms with Gasteiger partial charge in [-0.15, -0.1) is 0 Å². The standard InChI is InChI=1S/C12H24F4N2/c1-17(2)9-7-5-6-8-10(18(3)4)12(15,16)11(13)14/h10-11H,5-9H2,1-4H3. The molecule has 0 aromatic rings. The molecule has 0 heterocycles. The van der Waals surface area contributed by atoms with E-state index in [1.54, 1.807) is 0 Å². The molecular formula is C12H24F4N2. The zero-order chi connectivity index (χ0) is 14.3. The number of halogens is 4. The van der Waals surface area contributed by atoms with E-state index in [1.165, 1.54) is 19.0 Å². The van der Waals surface area contributed by atoms with Crippen LogP contribution in [0.4, 0.5) is 17.6 Å². The van der Waals surface area contributed by atoms with Crippen LogP contribution in [0.25, 0.3) is 0 Å². The fourth-order valence-corrected chi connectivity index (χ4v) is 1.88. The summed E-state index contributed by atoms with van der Waals surface area (Å²) in [7, 11) is 6.71. The quantitative estimate of drug-likeness (QED) is 0.470. The van der Waals surface area contributed by atoms with Crippen LogP contribution >= 0.6 is 0 Å². The molecule has 18 heavy (non-hydrogen) atoms. The van der Waals surface area contributed by atoms with Gasteiger partial charge in [0.2, 0.25) is 0 Å². The largest absolute Gasteiger partial charge is 0.322 e. The molecule has 0 amide bonds. The van der Waals surface area contributed by atoms with E-state index in [9.17, 15) is 17.6 Å². The summed E-state index contributed by atoms with van der Waals surface area (Å²) in [6, 6.07) is -1.39. The van der Waals surface area contributed by atoms with Crippen LogP contribution in [0, 0.1) is 0 Å². The molecule has 0 aromatic heterocycles. The lowest BCUT2D eigenvalue weighted by Gasteiger charge is -2.31. The maximum Gasteiger partial charge on any atom is 0.322 e. The third-order valence-electron chi connectivity index (χ3n) is 2.94. The van der Waals surface area contributed by atoms with Crippen molar-refractivity contribution in [1.29, 1.82) is 0 Å². The van der Waals surface area contributed by atoms with Gasteiger partial charge in [0, 0.05) is 0 Å². The fourth-order valence-electron chi connectivity index (χ4n) is 1.88. The maximum atomic E-state index is 13.3. The molecule has 0 aliphatic heterocycles. The highest BCUT2D eigenvalue weighted by Crippen LogP contribution is 2.32. The number of nitrogens with zero attached hydrogens (tertiary/aromatic N) is 2. The average molecular weight is 272 g/mol. The lowest BCUT2D eigenvalue weighted by Crippen LogP contribution is -2.48. The molecule has 0 aliphatic carbocycles. The van der Waals surface area contributed by atoms with Crippen molar-refractivity contribution in [2.24, 2.45) is 0 Å². The Labute approximate surface area is 107 Å². The monoisotopic (exact) mass is 272 g/mol. The molecule has 2 nitrogen and oxygen atoms in total. The Kier molecular flexibility index (Phi) is 7.78. The van der Waals surface area contributed by atoms with Gasteiger partial charge >= 0.3 is 12.3 Å². The van der Waals surface area contributed by atoms with Crippen molar-refractivity contribution in [3.05, 3.63) is 0 Å². The van der Waals surface area contributed by atoms with E-state index in [2.05, 4.69) is 0 Å². The lowest BCUT2D eigenvalue weighted by molar-refractivity contribution is -0.169. The summed E-state index contributed by atoms with van der Waals surface area (Å²) in [5.74, 6) is -3.94. The van der Waals surface area contributed by atoms with Crippen molar-refractivity contribution in [3.8, 4) is 0 Å². The van der Waals surface area contributed by atoms with Crippen LogP contribution in [0.3, 0.4) is 0 Å². The molecule has 0 saturated heterocycles. The van der Waals surface area contributed by atoms with Crippen molar-refractivity contribution in [2.75, 3.05) is 34.7 Å². The molecule has 0 N–H and O–H groups in total. The molecule has 0 aliphatic rings. The molecular weight excluding hydrogens is 248 g/mol. The van der Waals surface area contributed by atoms with E-state index in [-0.39, 0.29) is 6.42 Å². The van der Waals surface area contributed by atoms with Crippen LogP contribution in [0.1, 0.15) is 25.7 Å². The minimum Gasteiger partial charge on any atom is -0.309 e. The van der Waals surface area contributed by atoms with Crippen LogP contribution in [0.5, 0.6) is 0 Å². The first-order valence-corrected chi connectivity index (χ1v) is 6.16. The van der Waals surface area contributed by atoms with E-state index in [1.807, 2.05) is 19.0 Å². The highest BCUT2D eigenvalue weighted by atomic mass is 19.3. The van der Waals surface area contributed by atoms with Crippen molar-refractivity contribution in [2.45, 2.75) is 44.1 Å². The maximum absolute atomic E-state index is 13.3. The van der Waals surface area contributed by atoms with E-state index >= 15 is 0 Å². The number of rotatable bonds is 9. The van der Waals surface area contributed by atoms with Crippen molar-refractivity contribution in [3.63, 3.8) is 0 Å². The molecule has 6 heteroatoms. The van der Waals surface area contributed by atoms with Gasteiger partial charge in [0.05, 0.1) is 6.04 Å². The topological polar surface area (TPSA) is 6.48 Å². The third kappa shape index (κ3) is 6.00. The average Bonchev–Trinajstić information content (AvgIpc) is 2.21. The van der Waals surface area contributed by atoms with Gasteiger partial charge in [-0.25, -0.2) is 8.78 Å². The Bertz CT molecular complexity index is 220. The van der Waals surface area contributed by atoms with Gasteiger partial charge in [-0.1, -0.05) is 12.8 Å². The minimum atomic E-state index is -3.94. The Hall–Kier alpha value is -0.360. The second-order valence-corrected chi connectivity index (χ2v) is 5.11. The summed E-state index contributed by atoms with van der Waals surface area (Å²) >= 11 is 0. The zero-order valence-corrected chi connectivity index (χ0v) is 11.6. The Morgan fingerprint density at radius 1 is 0.944 bits per heavy atom. The van der Waals surface area contributed by atoms with E-state index in [4.69, 9.17) is 0 Å². The van der Waals surface area contributed by atoms with Crippen molar-refractivity contribution < 1.29 is 17.6 Å². The number of unbranched alkanes of at least 4 members (excludes halogenated alkanes) is 2. The van der Waals surface area contributed by atoms with Gasteiger partial charge in [0.15, 0.2) is 0 Å². The zero-order valence-electron chi connectivity index (χ0n) is 11.6. The third-order valence-corrected chi connectivity index (χ3v) is 2.94. The number of hydrogen-bond acceptors (Lipinski definition) is 2. The van der Waals surface area contributed by atoms with E-state index in [0.29, 0.717) is 6.42 Å². The predicted molar refractivity (Wildman–Crippen MR) is 65.4 cm³/mol. The SMILES string of the molecule is CN(C)CCCCCC(N(C)C)C(F)(F)C(F)F. The van der Waals surface area contributed by atoms with Crippen molar-refractivity contribution in [1.82, 2.24) is 9.80 Å². The van der Waals surface area contributed by atoms with Gasteiger partial charge in [0.1, 0.15) is 0 Å². The summed E-state index contributed by atoms with van der Waals surface area (Å²) in [6.07, 6.45) is -1.29. The van der Waals surface area contributed by atoms with Gasteiger partial charge in [-0.2, -0.15) is 8.78 Å². The molecule has 110 valence electrons. The molecule has 0 fully saturated rings. The first-order chi connectivity index (χ1) is 8.19. The van der Waals surface area contributed by atoms with Crippen LogP contribution in [0.15, 0.2) is 0 Å². The lowest BCUT2D eigenvalue weighted by atomic mass is 10.0. The van der Waals surface area contributed by atoms with Crippen molar-refractivity contribution >= 4 is 0 Å². The summed E-state index contributed by atoms with van der Waals surface area (Å²) in [6.45, 7) is 0.887.